The standard InChI is InChI=1S/C17H28N4O2.HI/c1-4-14(5-2)13-19-17(18-3)21-10-8-20(9-11-21)16(22)15-7-6-12-23-15;/h6-7,12,14H,4-5,8-11,13H2,1-3H3,(H,18,19);1H. The van der Waals surface area contributed by atoms with Crippen molar-refractivity contribution < 1.29 is 9.21 Å². The number of nitrogens with one attached hydrogen (secondary N) is 1. The van der Waals surface area contributed by atoms with Crippen LogP contribution in [0.1, 0.15) is 37.2 Å². The number of carbonyl (C=O) groups is 1. The summed E-state index contributed by atoms with van der Waals surface area (Å²) in [6.45, 7) is 8.33. The van der Waals surface area contributed by atoms with Crippen LogP contribution in [0.4, 0.5) is 0 Å². The quantitative estimate of drug-likeness (QED) is 0.428. The molecule has 2 heterocycles. The lowest BCUT2D eigenvalue weighted by Crippen LogP contribution is -2.54. The van der Waals surface area contributed by atoms with Gasteiger partial charge in [0.25, 0.3) is 5.91 Å². The van der Waals surface area contributed by atoms with Gasteiger partial charge in [-0.1, -0.05) is 26.7 Å². The molecule has 24 heavy (non-hydrogen) atoms. The lowest BCUT2D eigenvalue weighted by molar-refractivity contribution is 0.0657. The summed E-state index contributed by atoms with van der Waals surface area (Å²) in [6, 6.07) is 3.46. The molecule has 1 aromatic rings. The summed E-state index contributed by atoms with van der Waals surface area (Å²) in [6.07, 6.45) is 3.88. The van der Waals surface area contributed by atoms with Crippen LogP contribution in [0.3, 0.4) is 0 Å². The second-order valence-electron chi connectivity index (χ2n) is 5.87. The number of furan rings is 1. The van der Waals surface area contributed by atoms with E-state index in [2.05, 4.69) is 29.1 Å². The van der Waals surface area contributed by atoms with Crippen LogP contribution in [0.25, 0.3) is 0 Å². The molecule has 2 rings (SSSR count). The van der Waals surface area contributed by atoms with Gasteiger partial charge in [0.2, 0.25) is 0 Å². The Morgan fingerprint density at radius 1 is 1.25 bits per heavy atom. The average Bonchev–Trinajstić information content (AvgIpc) is 3.13. The van der Waals surface area contributed by atoms with E-state index in [0.29, 0.717) is 24.8 Å². The summed E-state index contributed by atoms with van der Waals surface area (Å²) in [4.78, 5) is 20.7. The Morgan fingerprint density at radius 2 is 1.88 bits per heavy atom. The SMILES string of the molecule is CCC(CC)CNC(=NC)N1CCN(C(=O)c2ccco2)CC1.I. The predicted molar refractivity (Wildman–Crippen MR) is 107 cm³/mol. The highest BCUT2D eigenvalue weighted by Crippen LogP contribution is 2.10. The first kappa shape index (κ1) is 20.8. The molecular weight excluding hydrogens is 419 g/mol. The monoisotopic (exact) mass is 448 g/mol. The molecule has 1 aliphatic heterocycles. The van der Waals surface area contributed by atoms with Gasteiger partial charge < -0.3 is 19.5 Å². The third-order valence-corrected chi connectivity index (χ3v) is 4.51. The molecule has 1 aliphatic rings. The molecular formula is C17H29IN4O2. The van der Waals surface area contributed by atoms with E-state index in [0.717, 1.165) is 25.6 Å². The summed E-state index contributed by atoms with van der Waals surface area (Å²) in [5.41, 5.74) is 0. The van der Waals surface area contributed by atoms with Crippen molar-refractivity contribution in [3.05, 3.63) is 24.2 Å². The lowest BCUT2D eigenvalue weighted by atomic mass is 10.0. The first-order chi connectivity index (χ1) is 11.2. The molecule has 0 atom stereocenters. The second-order valence-corrected chi connectivity index (χ2v) is 5.87. The maximum Gasteiger partial charge on any atom is 0.289 e. The Hall–Kier alpha value is -1.25. The van der Waals surface area contributed by atoms with Crippen molar-refractivity contribution in [1.29, 1.82) is 0 Å². The molecule has 0 unspecified atom stereocenters. The Kier molecular flexibility index (Phi) is 9.17. The van der Waals surface area contributed by atoms with E-state index >= 15 is 0 Å². The Balaban J connectivity index is 0.00000288. The molecule has 0 aromatic carbocycles. The van der Waals surface area contributed by atoms with Crippen LogP contribution < -0.4 is 5.32 Å². The van der Waals surface area contributed by atoms with E-state index in [1.165, 1.54) is 19.1 Å². The third-order valence-electron chi connectivity index (χ3n) is 4.51. The van der Waals surface area contributed by atoms with Crippen LogP contribution in [0, 0.1) is 5.92 Å². The van der Waals surface area contributed by atoms with E-state index in [-0.39, 0.29) is 29.9 Å². The Morgan fingerprint density at radius 3 is 2.38 bits per heavy atom. The lowest BCUT2D eigenvalue weighted by Gasteiger charge is -2.36. The van der Waals surface area contributed by atoms with Crippen molar-refractivity contribution in [1.82, 2.24) is 15.1 Å². The number of guanidine groups is 1. The maximum atomic E-state index is 12.3. The summed E-state index contributed by atoms with van der Waals surface area (Å²) >= 11 is 0. The number of hydrogen-bond acceptors (Lipinski definition) is 3. The topological polar surface area (TPSA) is 61.1 Å². The van der Waals surface area contributed by atoms with Crippen LogP contribution in [0.5, 0.6) is 0 Å². The van der Waals surface area contributed by atoms with Gasteiger partial charge in [0.1, 0.15) is 0 Å². The minimum absolute atomic E-state index is 0. The number of rotatable bonds is 5. The van der Waals surface area contributed by atoms with Crippen molar-refractivity contribution in [2.45, 2.75) is 26.7 Å². The van der Waals surface area contributed by atoms with Crippen molar-refractivity contribution >= 4 is 35.8 Å². The number of halogens is 1. The number of amides is 1. The smallest absolute Gasteiger partial charge is 0.289 e. The summed E-state index contributed by atoms with van der Waals surface area (Å²) < 4.78 is 5.19. The van der Waals surface area contributed by atoms with E-state index in [4.69, 9.17) is 4.42 Å². The molecule has 7 heteroatoms. The van der Waals surface area contributed by atoms with Gasteiger partial charge >= 0.3 is 0 Å². The molecule has 0 saturated carbocycles. The highest BCUT2D eigenvalue weighted by molar-refractivity contribution is 14.0. The van der Waals surface area contributed by atoms with Crippen molar-refractivity contribution in [3.63, 3.8) is 0 Å². The van der Waals surface area contributed by atoms with Gasteiger partial charge in [-0.2, -0.15) is 0 Å². The molecule has 1 aromatic heterocycles. The number of aliphatic imine (C=N–C) groups is 1. The van der Waals surface area contributed by atoms with Gasteiger partial charge in [-0.15, -0.1) is 24.0 Å². The number of piperazine rings is 1. The van der Waals surface area contributed by atoms with Crippen molar-refractivity contribution in [2.75, 3.05) is 39.8 Å². The van der Waals surface area contributed by atoms with Gasteiger partial charge in [0, 0.05) is 39.8 Å². The van der Waals surface area contributed by atoms with Gasteiger partial charge in [0.05, 0.1) is 6.26 Å². The van der Waals surface area contributed by atoms with Crippen LogP contribution in [-0.2, 0) is 0 Å². The largest absolute Gasteiger partial charge is 0.459 e. The summed E-state index contributed by atoms with van der Waals surface area (Å²) in [5, 5.41) is 3.47. The highest BCUT2D eigenvalue weighted by Gasteiger charge is 2.25. The first-order valence-corrected chi connectivity index (χ1v) is 8.47. The molecule has 0 radical (unpaired) electrons. The van der Waals surface area contributed by atoms with Crippen LogP contribution in [0.15, 0.2) is 27.8 Å². The van der Waals surface area contributed by atoms with Crippen LogP contribution in [0.2, 0.25) is 0 Å². The fourth-order valence-corrected chi connectivity index (χ4v) is 2.82. The predicted octanol–water partition coefficient (Wildman–Crippen LogP) is 2.67. The summed E-state index contributed by atoms with van der Waals surface area (Å²) in [5.74, 6) is 1.99. The zero-order valence-electron chi connectivity index (χ0n) is 14.8. The van der Waals surface area contributed by atoms with Crippen LogP contribution >= 0.6 is 24.0 Å². The molecule has 1 amide bonds. The van der Waals surface area contributed by atoms with Gasteiger partial charge in [-0.25, -0.2) is 0 Å². The molecule has 0 spiro atoms. The zero-order valence-corrected chi connectivity index (χ0v) is 17.2. The molecule has 1 fully saturated rings. The molecule has 1 N–H and O–H groups in total. The van der Waals surface area contributed by atoms with Crippen molar-refractivity contribution in [2.24, 2.45) is 10.9 Å². The minimum Gasteiger partial charge on any atom is -0.459 e. The van der Waals surface area contributed by atoms with Gasteiger partial charge in [-0.05, 0) is 18.1 Å². The number of carbonyl (C=O) groups excluding carboxylic acids is 1. The molecule has 6 nitrogen and oxygen atoms in total. The molecule has 0 aliphatic carbocycles. The Labute approximate surface area is 161 Å². The fourth-order valence-electron chi connectivity index (χ4n) is 2.82. The fraction of sp³-hybridized carbons (Fsp3) is 0.647. The number of hydrogen-bond donors (Lipinski definition) is 1. The van der Waals surface area contributed by atoms with Gasteiger partial charge in [-0.3, -0.25) is 9.79 Å². The van der Waals surface area contributed by atoms with E-state index in [9.17, 15) is 4.79 Å². The highest BCUT2D eigenvalue weighted by atomic mass is 127. The normalized spacial score (nSPS) is 15.4. The molecule has 136 valence electrons. The van der Waals surface area contributed by atoms with Crippen molar-refractivity contribution in [3.8, 4) is 0 Å². The van der Waals surface area contributed by atoms with Crippen LogP contribution in [-0.4, -0.2) is 61.4 Å². The molecule has 0 bridgehead atoms. The summed E-state index contributed by atoms with van der Waals surface area (Å²) in [7, 11) is 1.82. The number of nitrogens with zero attached hydrogens (tertiary/aromatic N) is 3. The third kappa shape index (κ3) is 5.39. The van der Waals surface area contributed by atoms with Gasteiger partial charge in [0.15, 0.2) is 11.7 Å². The van der Waals surface area contributed by atoms with E-state index in [1.54, 1.807) is 12.1 Å². The maximum absolute atomic E-state index is 12.3. The average molecular weight is 448 g/mol. The van der Waals surface area contributed by atoms with E-state index in [1.807, 2.05) is 11.9 Å². The Bertz CT molecular complexity index is 507. The van der Waals surface area contributed by atoms with E-state index < -0.39 is 0 Å². The molecule has 1 saturated heterocycles. The first-order valence-electron chi connectivity index (χ1n) is 8.47. The second kappa shape index (κ2) is 10.6. The zero-order chi connectivity index (χ0) is 16.7. The minimum atomic E-state index is -0.0328.